The molecule has 1 aromatic heterocycles. The number of nitrogens with two attached hydrogens (primary N) is 1. The van der Waals surface area contributed by atoms with Crippen molar-refractivity contribution in [3.8, 4) is 0 Å². The van der Waals surface area contributed by atoms with Crippen LogP contribution in [-0.2, 0) is 12.8 Å². The summed E-state index contributed by atoms with van der Waals surface area (Å²) in [6.45, 7) is 0.814. The van der Waals surface area contributed by atoms with Gasteiger partial charge in [0.2, 0.25) is 0 Å². The zero-order valence-electron chi connectivity index (χ0n) is 7.42. The Morgan fingerprint density at radius 3 is 3.23 bits per heavy atom. The quantitative estimate of drug-likeness (QED) is 0.816. The van der Waals surface area contributed by atoms with Crippen LogP contribution in [0.1, 0.15) is 23.0 Å². The zero-order valence-corrected chi connectivity index (χ0v) is 9.89. The number of hydrogen-bond acceptors (Lipinski definition) is 2. The van der Waals surface area contributed by atoms with Crippen molar-refractivity contribution < 1.29 is 0 Å². The summed E-state index contributed by atoms with van der Waals surface area (Å²) in [5.74, 6) is 0.795. The van der Waals surface area contributed by atoms with E-state index < -0.39 is 0 Å². The first-order valence-corrected chi connectivity index (χ1v) is 6.73. The predicted octanol–water partition coefficient (Wildman–Crippen LogP) is 1.25. The van der Waals surface area contributed by atoms with Crippen LogP contribution in [0.15, 0.2) is 0 Å². The third-order valence-electron chi connectivity index (χ3n) is 2.59. The number of halogens is 1. The number of aromatic nitrogens is 1. The van der Waals surface area contributed by atoms with Gasteiger partial charge in [0.1, 0.15) is 0 Å². The van der Waals surface area contributed by atoms with E-state index in [2.05, 4.69) is 4.98 Å². The Hall–Kier alpha value is 0.179. The van der Waals surface area contributed by atoms with Gasteiger partial charge in [-0.3, -0.25) is 0 Å². The normalized spacial score (nSPS) is 21.5. The summed E-state index contributed by atoms with van der Waals surface area (Å²) >= 11 is 6.27. The number of hydrogen-bond donors (Lipinski definition) is 1. The van der Waals surface area contributed by atoms with Crippen LogP contribution in [0.5, 0.6) is 0 Å². The maximum absolute atomic E-state index is 5.92. The minimum atomic E-state index is 0.351. The predicted molar refractivity (Wildman–Crippen MR) is 55.4 cm³/mol. The van der Waals surface area contributed by atoms with E-state index in [4.69, 9.17) is 17.3 Å². The third kappa shape index (κ3) is 2.16. The Labute approximate surface area is 89.2 Å². The molecular weight excluding hydrogens is 251 g/mol. The summed E-state index contributed by atoms with van der Waals surface area (Å²) in [5.41, 5.74) is 6.85. The van der Waals surface area contributed by atoms with Gasteiger partial charge in [0.25, 0.3) is 0 Å². The van der Waals surface area contributed by atoms with Crippen molar-refractivity contribution in [1.82, 2.24) is 4.98 Å². The second-order valence-corrected chi connectivity index (χ2v) is 6.66. The van der Waals surface area contributed by atoms with Gasteiger partial charge < -0.3 is 0 Å². The average molecular weight is 264 g/mol. The van der Waals surface area contributed by atoms with E-state index in [0.717, 1.165) is 29.3 Å². The van der Waals surface area contributed by atoms with Crippen molar-refractivity contribution >= 4 is 26.1 Å². The molecule has 0 fully saturated rings. The van der Waals surface area contributed by atoms with Gasteiger partial charge in [0.05, 0.1) is 0 Å². The van der Waals surface area contributed by atoms with E-state index in [1.165, 1.54) is 23.0 Å². The van der Waals surface area contributed by atoms with Crippen LogP contribution < -0.4 is 5.73 Å². The van der Waals surface area contributed by atoms with Crippen molar-refractivity contribution in [3.05, 3.63) is 14.2 Å². The number of aryl methyl sites for hydroxylation is 1. The van der Waals surface area contributed by atoms with E-state index in [0.29, 0.717) is 14.5 Å². The summed E-state index contributed by atoms with van der Waals surface area (Å²) in [6.07, 6.45) is 4.73. The van der Waals surface area contributed by atoms with Gasteiger partial charge in [-0.05, 0) is 0 Å². The molecule has 0 spiro atoms. The molecule has 0 bridgehead atoms. The topological polar surface area (TPSA) is 38.9 Å². The summed E-state index contributed by atoms with van der Waals surface area (Å²) < 4.78 is 2.37. The first kappa shape index (κ1) is 9.72. The molecule has 72 valence electrons. The Morgan fingerprint density at radius 2 is 2.46 bits per heavy atom. The molecule has 0 saturated carbocycles. The van der Waals surface area contributed by atoms with Crippen molar-refractivity contribution in [3.63, 3.8) is 0 Å². The summed E-state index contributed by atoms with van der Waals surface area (Å²) in [5, 5.41) is 0. The molecule has 1 atom stereocenters. The molecule has 0 amide bonds. The molecule has 1 heterocycles. The van der Waals surface area contributed by atoms with Crippen LogP contribution in [0.4, 0.5) is 0 Å². The van der Waals surface area contributed by atoms with Gasteiger partial charge in [-0.25, -0.2) is 0 Å². The molecule has 2 N–H and O–H groups in total. The fourth-order valence-electron chi connectivity index (χ4n) is 1.89. The summed E-state index contributed by atoms with van der Waals surface area (Å²) in [7, 11) is 0. The second-order valence-electron chi connectivity index (χ2n) is 3.52. The van der Waals surface area contributed by atoms with Gasteiger partial charge in [0, 0.05) is 0 Å². The van der Waals surface area contributed by atoms with Crippen LogP contribution in [0.25, 0.3) is 0 Å². The van der Waals surface area contributed by atoms with Crippen molar-refractivity contribution in [2.75, 3.05) is 6.54 Å². The third-order valence-corrected chi connectivity index (χ3v) is 4.98. The molecule has 0 saturated heterocycles. The number of fused-ring (bicyclic) bond motifs is 1. The molecule has 0 aliphatic heterocycles. The summed E-state index contributed by atoms with van der Waals surface area (Å²) in [6, 6.07) is 0. The molecule has 4 heteroatoms. The van der Waals surface area contributed by atoms with Crippen LogP contribution >= 0.6 is 11.6 Å². The van der Waals surface area contributed by atoms with Crippen LogP contribution in [0.2, 0.25) is 4.03 Å². The fraction of sp³-hybridized carbons (Fsp3) is 0.667. The Morgan fingerprint density at radius 1 is 1.62 bits per heavy atom. The van der Waals surface area contributed by atoms with Gasteiger partial charge in [0.15, 0.2) is 0 Å². The van der Waals surface area contributed by atoms with Gasteiger partial charge in [-0.2, -0.15) is 0 Å². The molecule has 13 heavy (non-hydrogen) atoms. The first-order valence-electron chi connectivity index (χ1n) is 4.63. The number of nitrogens with zero attached hydrogens (tertiary/aromatic N) is 1. The summed E-state index contributed by atoms with van der Waals surface area (Å²) in [4.78, 5) is 4.36. The second kappa shape index (κ2) is 4.14. The Balaban J connectivity index is 2.10. The van der Waals surface area contributed by atoms with E-state index >= 15 is 0 Å². The molecule has 1 aliphatic carbocycles. The van der Waals surface area contributed by atoms with Crippen LogP contribution in [0.3, 0.4) is 0 Å². The SMILES string of the molecule is NCCC1CCc2nc(Cl)[se]c2C1. The monoisotopic (exact) mass is 264 g/mol. The minimum absolute atomic E-state index is 0.351. The van der Waals surface area contributed by atoms with Crippen molar-refractivity contribution in [2.45, 2.75) is 25.7 Å². The van der Waals surface area contributed by atoms with Gasteiger partial charge in [-0.15, -0.1) is 0 Å². The number of rotatable bonds is 2. The van der Waals surface area contributed by atoms with Gasteiger partial charge in [-0.1, -0.05) is 0 Å². The van der Waals surface area contributed by atoms with Crippen molar-refractivity contribution in [1.29, 1.82) is 0 Å². The maximum atomic E-state index is 5.92. The van der Waals surface area contributed by atoms with E-state index in [1.54, 1.807) is 0 Å². The molecule has 1 aliphatic rings. The van der Waals surface area contributed by atoms with Crippen LogP contribution in [0, 0.1) is 5.92 Å². The fourth-order valence-corrected chi connectivity index (χ4v) is 4.46. The molecule has 1 aromatic rings. The molecular formula is C9H13ClN2Se. The molecule has 2 rings (SSSR count). The van der Waals surface area contributed by atoms with E-state index in [1.807, 2.05) is 0 Å². The Bertz CT molecular complexity index is 298. The van der Waals surface area contributed by atoms with Crippen LogP contribution in [-0.4, -0.2) is 26.0 Å². The van der Waals surface area contributed by atoms with Gasteiger partial charge >= 0.3 is 89.1 Å². The zero-order chi connectivity index (χ0) is 9.26. The molecule has 2 nitrogen and oxygen atoms in total. The Kier molecular flexibility index (Phi) is 3.10. The first-order chi connectivity index (χ1) is 6.29. The molecule has 1 unspecified atom stereocenters. The van der Waals surface area contributed by atoms with E-state index in [-0.39, 0.29) is 0 Å². The van der Waals surface area contributed by atoms with Crippen molar-refractivity contribution in [2.24, 2.45) is 11.7 Å². The molecule has 0 radical (unpaired) electrons. The standard InChI is InChI=1S/C9H13ClN2Se/c10-9-12-7-2-1-6(3-4-11)5-8(7)13-9/h6H,1-5,11H2. The molecule has 0 aromatic carbocycles. The van der Waals surface area contributed by atoms with E-state index in [9.17, 15) is 0 Å². The average Bonchev–Trinajstić information content (AvgIpc) is 2.44.